The number of para-hydroxylation sites is 2. The highest BCUT2D eigenvalue weighted by Gasteiger charge is 2.51. The van der Waals surface area contributed by atoms with Crippen LogP contribution in [0.2, 0.25) is 5.02 Å². The first-order valence-electron chi connectivity index (χ1n) is 15.4. The van der Waals surface area contributed by atoms with E-state index in [4.69, 9.17) is 11.6 Å². The van der Waals surface area contributed by atoms with Gasteiger partial charge in [-0.25, -0.2) is 0 Å². The maximum atomic E-state index is 6.78. The van der Waals surface area contributed by atoms with Crippen molar-refractivity contribution in [3.63, 3.8) is 0 Å². The van der Waals surface area contributed by atoms with Crippen LogP contribution in [0.5, 0.6) is 0 Å². The Morgan fingerprint density at radius 3 is 1.62 bits per heavy atom. The van der Waals surface area contributed by atoms with Crippen molar-refractivity contribution in [2.75, 3.05) is 4.90 Å². The molecule has 0 atom stereocenters. The summed E-state index contributed by atoms with van der Waals surface area (Å²) in [7, 11) is 0. The Kier molecular flexibility index (Phi) is 5.84. The summed E-state index contributed by atoms with van der Waals surface area (Å²) >= 11 is 6.78. The molecule has 2 aliphatic rings. The van der Waals surface area contributed by atoms with E-state index in [0.717, 1.165) is 33.0 Å². The van der Waals surface area contributed by atoms with Crippen LogP contribution in [0.4, 0.5) is 17.1 Å². The molecular formula is C43H28ClN. The average molecular weight is 594 g/mol. The third kappa shape index (κ3) is 3.75. The summed E-state index contributed by atoms with van der Waals surface area (Å²) in [5.41, 5.74) is 15.3. The maximum absolute atomic E-state index is 6.78. The summed E-state index contributed by atoms with van der Waals surface area (Å²) in [6.07, 6.45) is 0. The van der Waals surface area contributed by atoms with Crippen molar-refractivity contribution in [3.05, 3.63) is 197 Å². The number of nitrogens with zero attached hydrogens (tertiary/aromatic N) is 1. The van der Waals surface area contributed by atoms with E-state index in [9.17, 15) is 0 Å². The molecule has 0 aromatic heterocycles. The predicted octanol–water partition coefficient (Wildman–Crippen LogP) is 11.8. The maximum Gasteiger partial charge on any atom is 0.0754 e. The molecular weight excluding hydrogens is 566 g/mol. The van der Waals surface area contributed by atoms with E-state index in [1.165, 1.54) is 44.8 Å². The van der Waals surface area contributed by atoms with Crippen molar-refractivity contribution >= 4 is 28.7 Å². The van der Waals surface area contributed by atoms with E-state index in [2.05, 4.69) is 163 Å². The summed E-state index contributed by atoms with van der Waals surface area (Å²) in [6, 6.07) is 61.4. The van der Waals surface area contributed by atoms with Crippen LogP contribution >= 0.6 is 11.6 Å². The van der Waals surface area contributed by atoms with Gasteiger partial charge in [-0.2, -0.15) is 0 Å². The third-order valence-electron chi connectivity index (χ3n) is 9.54. The number of halogens is 1. The van der Waals surface area contributed by atoms with E-state index in [-0.39, 0.29) is 0 Å². The van der Waals surface area contributed by atoms with Gasteiger partial charge in [-0.1, -0.05) is 139 Å². The lowest BCUT2D eigenvalue weighted by atomic mass is 9.64. The zero-order valence-corrected chi connectivity index (χ0v) is 25.2. The molecule has 0 unspecified atom stereocenters. The number of rotatable bonds is 3. The highest BCUT2D eigenvalue weighted by Crippen LogP contribution is 2.63. The molecule has 0 radical (unpaired) electrons. The lowest BCUT2D eigenvalue weighted by Crippen LogP contribution is -2.36. The smallest absolute Gasteiger partial charge is 0.0754 e. The molecule has 212 valence electrons. The molecule has 7 aromatic carbocycles. The van der Waals surface area contributed by atoms with Gasteiger partial charge < -0.3 is 4.90 Å². The van der Waals surface area contributed by atoms with E-state index in [1.54, 1.807) is 0 Å². The molecule has 1 aliphatic carbocycles. The van der Waals surface area contributed by atoms with Crippen molar-refractivity contribution in [2.24, 2.45) is 0 Å². The van der Waals surface area contributed by atoms with Crippen LogP contribution in [-0.2, 0) is 5.41 Å². The molecule has 0 fully saturated rings. The second-order valence-corrected chi connectivity index (χ2v) is 12.2. The van der Waals surface area contributed by atoms with Gasteiger partial charge in [0.25, 0.3) is 0 Å². The predicted molar refractivity (Wildman–Crippen MR) is 188 cm³/mol. The summed E-state index contributed by atoms with van der Waals surface area (Å²) < 4.78 is 0. The number of benzene rings is 7. The standard InChI is InChI=1S/C43H28ClN/c44-40-25-23-30(27-35(40)29-13-3-1-4-14-29)31-24-26-42-39(28-31)43(36-19-9-7-17-33(36)34-18-8-10-20-37(34)43)38-21-11-12-22-41(38)45(42)32-15-5-2-6-16-32/h1-28H. The number of anilines is 3. The van der Waals surface area contributed by atoms with Crippen molar-refractivity contribution in [2.45, 2.75) is 5.41 Å². The topological polar surface area (TPSA) is 3.24 Å². The van der Waals surface area contributed by atoms with Crippen LogP contribution in [-0.4, -0.2) is 0 Å². The minimum atomic E-state index is -0.477. The van der Waals surface area contributed by atoms with Crippen molar-refractivity contribution in [1.29, 1.82) is 0 Å². The minimum Gasteiger partial charge on any atom is -0.310 e. The van der Waals surface area contributed by atoms with Crippen LogP contribution < -0.4 is 4.90 Å². The first kappa shape index (κ1) is 26.1. The molecule has 0 saturated carbocycles. The molecule has 1 nitrogen and oxygen atoms in total. The van der Waals surface area contributed by atoms with Gasteiger partial charge in [0.2, 0.25) is 0 Å². The normalized spacial score (nSPS) is 13.6. The monoisotopic (exact) mass is 593 g/mol. The lowest BCUT2D eigenvalue weighted by Gasteiger charge is -2.45. The molecule has 9 rings (SSSR count). The van der Waals surface area contributed by atoms with Crippen LogP contribution in [0.15, 0.2) is 170 Å². The van der Waals surface area contributed by atoms with Gasteiger partial charge in [-0.15, -0.1) is 0 Å². The van der Waals surface area contributed by atoms with Gasteiger partial charge in [-0.3, -0.25) is 0 Å². The second-order valence-electron chi connectivity index (χ2n) is 11.8. The van der Waals surface area contributed by atoms with Crippen molar-refractivity contribution < 1.29 is 0 Å². The Bertz CT molecular complexity index is 2190. The third-order valence-corrected chi connectivity index (χ3v) is 9.87. The SMILES string of the molecule is Clc1ccc(-c2ccc3c(c2)C2(c4ccccc4-c4ccccc42)c2ccccc2N3c2ccccc2)cc1-c1ccccc1. The van der Waals surface area contributed by atoms with Gasteiger partial charge in [0.15, 0.2) is 0 Å². The Labute approximate surface area is 268 Å². The summed E-state index contributed by atoms with van der Waals surface area (Å²) in [6.45, 7) is 0. The summed E-state index contributed by atoms with van der Waals surface area (Å²) in [5, 5.41) is 0.752. The van der Waals surface area contributed by atoms with Crippen LogP contribution in [0, 0.1) is 0 Å². The van der Waals surface area contributed by atoms with Crippen LogP contribution in [0.1, 0.15) is 22.3 Å². The van der Waals surface area contributed by atoms with E-state index in [0.29, 0.717) is 0 Å². The van der Waals surface area contributed by atoms with Gasteiger partial charge >= 0.3 is 0 Å². The number of fused-ring (bicyclic) bond motifs is 9. The fourth-order valence-corrected chi connectivity index (χ4v) is 7.91. The molecule has 0 amide bonds. The average Bonchev–Trinajstić information content (AvgIpc) is 3.40. The van der Waals surface area contributed by atoms with Crippen molar-refractivity contribution in [1.82, 2.24) is 0 Å². The summed E-state index contributed by atoms with van der Waals surface area (Å²) in [5.74, 6) is 0. The molecule has 1 aliphatic heterocycles. The molecule has 0 bridgehead atoms. The quantitative estimate of drug-likeness (QED) is 0.197. The number of hydrogen-bond donors (Lipinski definition) is 0. The van der Waals surface area contributed by atoms with E-state index in [1.807, 2.05) is 12.1 Å². The Hall–Kier alpha value is -5.37. The highest BCUT2D eigenvalue weighted by atomic mass is 35.5. The highest BCUT2D eigenvalue weighted by molar-refractivity contribution is 6.33. The Morgan fingerprint density at radius 2 is 0.911 bits per heavy atom. The minimum absolute atomic E-state index is 0.477. The van der Waals surface area contributed by atoms with Gasteiger partial charge in [0.05, 0.1) is 16.8 Å². The first-order valence-corrected chi connectivity index (χ1v) is 15.8. The fourth-order valence-electron chi connectivity index (χ4n) is 7.69. The molecule has 0 saturated heterocycles. The second kappa shape index (κ2) is 10.1. The van der Waals surface area contributed by atoms with Gasteiger partial charge in [0, 0.05) is 16.3 Å². The van der Waals surface area contributed by atoms with E-state index >= 15 is 0 Å². The largest absolute Gasteiger partial charge is 0.310 e. The Balaban J connectivity index is 1.37. The van der Waals surface area contributed by atoms with Crippen LogP contribution in [0.3, 0.4) is 0 Å². The van der Waals surface area contributed by atoms with Gasteiger partial charge in [0.1, 0.15) is 0 Å². The van der Waals surface area contributed by atoms with Gasteiger partial charge in [-0.05, 0) is 92.5 Å². The molecule has 1 spiro atoms. The first-order chi connectivity index (χ1) is 22.2. The molecule has 1 heterocycles. The molecule has 45 heavy (non-hydrogen) atoms. The van der Waals surface area contributed by atoms with Crippen LogP contribution in [0.25, 0.3) is 33.4 Å². The number of hydrogen-bond acceptors (Lipinski definition) is 1. The molecule has 0 N–H and O–H groups in total. The zero-order valence-electron chi connectivity index (χ0n) is 24.5. The van der Waals surface area contributed by atoms with Crippen molar-refractivity contribution in [3.8, 4) is 33.4 Å². The summed E-state index contributed by atoms with van der Waals surface area (Å²) in [4.78, 5) is 2.43. The van der Waals surface area contributed by atoms with E-state index < -0.39 is 5.41 Å². The fraction of sp³-hybridized carbons (Fsp3) is 0.0233. The lowest BCUT2D eigenvalue weighted by molar-refractivity contribution is 0.753. The Morgan fingerprint density at radius 1 is 0.378 bits per heavy atom. The zero-order chi connectivity index (χ0) is 30.0. The molecule has 7 aromatic rings. The molecule has 2 heteroatoms.